The van der Waals surface area contributed by atoms with Gasteiger partial charge in [0.1, 0.15) is 0 Å². The second kappa shape index (κ2) is 3.38. The Kier molecular flexibility index (Phi) is 2.17. The van der Waals surface area contributed by atoms with Gasteiger partial charge in [0.05, 0.1) is 6.61 Å². The summed E-state index contributed by atoms with van der Waals surface area (Å²) in [6.45, 7) is 0.590. The predicted molar refractivity (Wildman–Crippen MR) is 57.9 cm³/mol. The lowest BCUT2D eigenvalue weighted by Gasteiger charge is -2.68. The van der Waals surface area contributed by atoms with Crippen molar-refractivity contribution in [2.75, 3.05) is 6.61 Å². The number of aromatic nitrogens is 1. The molecular formula is C12H14F2N2O. The molecule has 2 bridgehead atoms. The first-order valence-electron chi connectivity index (χ1n) is 5.66. The number of nitrogens with two attached hydrogens (primary N) is 1. The molecule has 3 fully saturated rings. The van der Waals surface area contributed by atoms with E-state index in [1.54, 1.807) is 0 Å². The van der Waals surface area contributed by atoms with Gasteiger partial charge in [-0.15, -0.1) is 0 Å². The second-order valence-electron chi connectivity index (χ2n) is 5.41. The first kappa shape index (κ1) is 10.9. The highest BCUT2D eigenvalue weighted by molar-refractivity contribution is 5.23. The molecular weight excluding hydrogens is 226 g/mol. The van der Waals surface area contributed by atoms with Crippen LogP contribution in [0.1, 0.15) is 31.3 Å². The van der Waals surface area contributed by atoms with Crippen molar-refractivity contribution in [3.8, 4) is 5.88 Å². The Morgan fingerprint density at radius 2 is 2.06 bits per heavy atom. The van der Waals surface area contributed by atoms with Gasteiger partial charge in [0.15, 0.2) is 0 Å². The summed E-state index contributed by atoms with van der Waals surface area (Å²) in [5.74, 6) is 0.408. The summed E-state index contributed by atoms with van der Waals surface area (Å²) >= 11 is 0. The van der Waals surface area contributed by atoms with E-state index in [1.165, 1.54) is 12.1 Å². The smallest absolute Gasteiger partial charge is 0.265 e. The minimum absolute atomic E-state index is 0.0658. The van der Waals surface area contributed by atoms with Gasteiger partial charge in [-0.2, -0.15) is 0 Å². The highest BCUT2D eigenvalue weighted by Crippen LogP contribution is 2.65. The molecule has 1 heterocycles. The summed E-state index contributed by atoms with van der Waals surface area (Å²) in [6, 6.07) is 2.84. The van der Waals surface area contributed by atoms with E-state index < -0.39 is 6.43 Å². The lowest BCUT2D eigenvalue weighted by Crippen LogP contribution is -2.73. The van der Waals surface area contributed by atoms with Crippen LogP contribution in [-0.2, 0) is 0 Å². The third kappa shape index (κ3) is 1.78. The first-order chi connectivity index (χ1) is 8.00. The average Bonchev–Trinajstić information content (AvgIpc) is 2.22. The Balaban J connectivity index is 1.55. The fourth-order valence-electron chi connectivity index (χ4n) is 3.07. The molecule has 17 heavy (non-hydrogen) atoms. The number of hydrogen-bond acceptors (Lipinski definition) is 3. The topological polar surface area (TPSA) is 48.1 Å². The van der Waals surface area contributed by atoms with Crippen molar-refractivity contribution in [1.29, 1.82) is 0 Å². The van der Waals surface area contributed by atoms with Crippen LogP contribution in [-0.4, -0.2) is 17.1 Å². The van der Waals surface area contributed by atoms with Gasteiger partial charge in [0.2, 0.25) is 5.88 Å². The maximum atomic E-state index is 12.3. The Labute approximate surface area is 98.0 Å². The van der Waals surface area contributed by atoms with Gasteiger partial charge < -0.3 is 10.5 Å². The standard InChI is InChI=1S/C12H14F2N2O/c13-10(14)8-1-2-9(16-3-8)17-7-11-4-12(15,5-11)6-11/h1-3,10H,4-7,15H2. The van der Waals surface area contributed by atoms with Gasteiger partial charge >= 0.3 is 0 Å². The molecule has 0 aliphatic heterocycles. The minimum Gasteiger partial charge on any atom is -0.477 e. The van der Waals surface area contributed by atoms with Gasteiger partial charge in [-0.3, -0.25) is 0 Å². The molecule has 3 saturated carbocycles. The lowest BCUT2D eigenvalue weighted by molar-refractivity contribution is -0.153. The largest absolute Gasteiger partial charge is 0.477 e. The summed E-state index contributed by atoms with van der Waals surface area (Å²) in [5, 5.41) is 0. The molecule has 5 heteroatoms. The molecule has 4 rings (SSSR count). The summed E-state index contributed by atoms with van der Waals surface area (Å²) in [6.07, 6.45) is 1.71. The molecule has 0 atom stereocenters. The van der Waals surface area contributed by atoms with Crippen molar-refractivity contribution in [3.63, 3.8) is 0 Å². The molecule has 3 nitrogen and oxygen atoms in total. The second-order valence-corrected chi connectivity index (χ2v) is 5.41. The van der Waals surface area contributed by atoms with Crippen molar-refractivity contribution in [1.82, 2.24) is 4.98 Å². The zero-order chi connectivity index (χ0) is 12.1. The van der Waals surface area contributed by atoms with Crippen LogP contribution in [0.2, 0.25) is 0 Å². The van der Waals surface area contributed by atoms with E-state index in [9.17, 15) is 8.78 Å². The van der Waals surface area contributed by atoms with Crippen LogP contribution in [0.5, 0.6) is 5.88 Å². The Morgan fingerprint density at radius 3 is 2.53 bits per heavy atom. The minimum atomic E-state index is -2.48. The van der Waals surface area contributed by atoms with Crippen molar-refractivity contribution < 1.29 is 13.5 Å². The number of pyridine rings is 1. The molecule has 0 saturated heterocycles. The third-order valence-corrected chi connectivity index (χ3v) is 3.72. The molecule has 0 unspecified atom stereocenters. The van der Waals surface area contributed by atoms with Crippen molar-refractivity contribution in [3.05, 3.63) is 23.9 Å². The van der Waals surface area contributed by atoms with Crippen LogP contribution < -0.4 is 10.5 Å². The van der Waals surface area contributed by atoms with Crippen LogP contribution >= 0.6 is 0 Å². The number of halogens is 2. The first-order valence-corrected chi connectivity index (χ1v) is 5.66. The van der Waals surface area contributed by atoms with Crippen molar-refractivity contribution in [2.45, 2.75) is 31.2 Å². The Hall–Kier alpha value is -1.23. The highest BCUT2D eigenvalue weighted by Gasteiger charge is 2.66. The van der Waals surface area contributed by atoms with Crippen LogP contribution in [0.3, 0.4) is 0 Å². The Morgan fingerprint density at radius 1 is 1.35 bits per heavy atom. The van der Waals surface area contributed by atoms with Crippen LogP contribution in [0, 0.1) is 5.41 Å². The summed E-state index contributed by atoms with van der Waals surface area (Å²) in [7, 11) is 0. The normalized spacial score (nSPS) is 34.1. The fraction of sp³-hybridized carbons (Fsp3) is 0.583. The van der Waals surface area contributed by atoms with Crippen molar-refractivity contribution >= 4 is 0 Å². The summed E-state index contributed by atoms with van der Waals surface area (Å²) < 4.78 is 30.1. The zero-order valence-electron chi connectivity index (χ0n) is 9.33. The van der Waals surface area contributed by atoms with E-state index in [0.29, 0.717) is 12.5 Å². The van der Waals surface area contributed by atoms with E-state index in [0.717, 1.165) is 25.5 Å². The van der Waals surface area contributed by atoms with Gasteiger partial charge in [0.25, 0.3) is 6.43 Å². The third-order valence-electron chi connectivity index (χ3n) is 3.72. The number of rotatable bonds is 4. The molecule has 1 aromatic rings. The average molecular weight is 240 g/mol. The summed E-state index contributed by atoms with van der Waals surface area (Å²) in [5.41, 5.74) is 6.16. The van der Waals surface area contributed by atoms with Crippen LogP contribution in [0.15, 0.2) is 18.3 Å². The van der Waals surface area contributed by atoms with Crippen LogP contribution in [0.4, 0.5) is 8.78 Å². The van der Waals surface area contributed by atoms with E-state index in [4.69, 9.17) is 10.5 Å². The number of ether oxygens (including phenoxy) is 1. The number of alkyl halides is 2. The zero-order valence-corrected chi connectivity index (χ0v) is 9.33. The molecule has 0 aromatic carbocycles. The maximum absolute atomic E-state index is 12.3. The SMILES string of the molecule is NC12CC(COc3ccc(C(F)F)cn3)(C1)C2. The van der Waals surface area contributed by atoms with E-state index in [-0.39, 0.29) is 16.5 Å². The monoisotopic (exact) mass is 240 g/mol. The van der Waals surface area contributed by atoms with Gasteiger partial charge in [-0.05, 0) is 25.3 Å². The summed E-state index contributed by atoms with van der Waals surface area (Å²) in [4.78, 5) is 3.86. The van der Waals surface area contributed by atoms with E-state index >= 15 is 0 Å². The molecule has 0 radical (unpaired) electrons. The lowest BCUT2D eigenvalue weighted by atomic mass is 9.40. The van der Waals surface area contributed by atoms with Crippen LogP contribution in [0.25, 0.3) is 0 Å². The Bertz CT molecular complexity index is 413. The quantitative estimate of drug-likeness (QED) is 0.878. The van der Waals surface area contributed by atoms with E-state index in [2.05, 4.69) is 4.98 Å². The molecule has 2 N–H and O–H groups in total. The number of hydrogen-bond donors (Lipinski definition) is 1. The van der Waals surface area contributed by atoms with Crippen molar-refractivity contribution in [2.24, 2.45) is 11.1 Å². The molecule has 0 spiro atoms. The van der Waals surface area contributed by atoms with Gasteiger partial charge in [-0.25, -0.2) is 13.8 Å². The van der Waals surface area contributed by atoms with E-state index in [1.807, 2.05) is 0 Å². The highest BCUT2D eigenvalue weighted by atomic mass is 19.3. The molecule has 3 aliphatic rings. The molecule has 1 aromatic heterocycles. The fourth-order valence-corrected chi connectivity index (χ4v) is 3.07. The van der Waals surface area contributed by atoms with Gasteiger partial charge in [-0.1, -0.05) is 0 Å². The molecule has 3 aliphatic carbocycles. The predicted octanol–water partition coefficient (Wildman–Crippen LogP) is 2.28. The number of nitrogens with zero attached hydrogens (tertiary/aromatic N) is 1. The maximum Gasteiger partial charge on any atom is 0.265 e. The molecule has 0 amide bonds. The molecule has 92 valence electrons. The van der Waals surface area contributed by atoms with Gasteiger partial charge in [0, 0.05) is 28.8 Å².